The summed E-state index contributed by atoms with van der Waals surface area (Å²) in [5, 5.41) is 0. The molecule has 0 aromatic heterocycles. The zero-order valence-electron chi connectivity index (χ0n) is 8.25. The van der Waals surface area contributed by atoms with Gasteiger partial charge in [-0.1, -0.05) is 6.07 Å². The second kappa shape index (κ2) is 9.58. The number of hydrogen-bond acceptors (Lipinski definition) is 3. The Morgan fingerprint density at radius 3 is 2.64 bits per heavy atom. The van der Waals surface area contributed by atoms with E-state index in [-0.39, 0.29) is 46.8 Å². The number of ether oxygens (including phenoxy) is 3. The molecule has 1 aromatic rings. The molecule has 0 fully saturated rings. The Morgan fingerprint density at radius 1 is 1.36 bits per heavy atom. The molecule has 0 saturated heterocycles. The van der Waals surface area contributed by atoms with Crippen molar-refractivity contribution in [2.45, 2.75) is 0 Å². The Kier molecular flexibility index (Phi) is 11.3. The van der Waals surface area contributed by atoms with E-state index in [4.69, 9.17) is 14.2 Å². The van der Waals surface area contributed by atoms with Crippen LogP contribution in [0.1, 0.15) is 0 Å². The van der Waals surface area contributed by atoms with Crippen molar-refractivity contribution < 1.29 is 31.2 Å². The minimum Gasteiger partial charge on any atom is -1.00 e. The molecule has 5 heteroatoms. The Balaban J connectivity index is 0. The number of hydrogen-bond donors (Lipinski definition) is 0. The van der Waals surface area contributed by atoms with E-state index in [1.165, 1.54) is 0 Å². The smallest absolute Gasteiger partial charge is 1.00 e. The van der Waals surface area contributed by atoms with E-state index in [1.807, 2.05) is 0 Å². The van der Waals surface area contributed by atoms with Gasteiger partial charge < -0.3 is 31.2 Å². The minimum absolute atomic E-state index is 0. The fraction of sp³-hybridized carbons (Fsp3) is 0.333. The fourth-order valence-electron chi connectivity index (χ4n) is 0.758. The molecule has 0 saturated carbocycles. The Bertz CT molecular complexity index is 245. The normalized spacial score (nSPS) is 8.14. The maximum Gasteiger partial charge on any atom is 2.00 e. The van der Waals surface area contributed by atoms with Crippen LogP contribution in [0.15, 0.2) is 18.2 Å². The van der Waals surface area contributed by atoms with Crippen LogP contribution in [0.4, 0.5) is 0 Å². The summed E-state index contributed by atoms with van der Waals surface area (Å²) in [4.78, 5) is 0. The Labute approximate surface area is 111 Å². The number of methoxy groups -OCH3 is 2. The zero-order chi connectivity index (χ0) is 8.81. The molecule has 0 spiro atoms. The van der Waals surface area contributed by atoms with Gasteiger partial charge in [0.25, 0.3) is 0 Å². The standard InChI is InChI=1S/C9H11O3.BrH.Mg/c1-10-7-12-9-5-3-4-8(6-9)11-2;;/h3-4,6H,7H2,1-2H3;1H;/q-1;;+2/p-1. The number of rotatable bonds is 4. The van der Waals surface area contributed by atoms with Gasteiger partial charge in [-0.25, -0.2) is 0 Å². The van der Waals surface area contributed by atoms with Gasteiger partial charge in [0.2, 0.25) is 0 Å². The van der Waals surface area contributed by atoms with Crippen molar-refractivity contribution in [2.75, 3.05) is 21.0 Å². The Hall–Kier alpha value is 0.0262. The first-order valence-corrected chi connectivity index (χ1v) is 3.54. The average Bonchev–Trinajstić information content (AvgIpc) is 2.15. The molecule has 0 atom stereocenters. The van der Waals surface area contributed by atoms with Gasteiger partial charge in [-0.2, -0.15) is 6.07 Å². The van der Waals surface area contributed by atoms with Crippen LogP contribution in [-0.4, -0.2) is 44.1 Å². The molecule has 0 aliphatic carbocycles. The predicted octanol–water partition coefficient (Wildman–Crippen LogP) is -1.90. The molecular formula is C9H11BrMgO3. The molecule has 0 bridgehead atoms. The molecule has 0 unspecified atom stereocenters. The molecule has 0 heterocycles. The van der Waals surface area contributed by atoms with Crippen molar-refractivity contribution in [1.82, 2.24) is 0 Å². The van der Waals surface area contributed by atoms with Crippen LogP contribution in [0.2, 0.25) is 0 Å². The SMILES string of the molecule is COCOc1[c-]ccc(OC)c1.[Br-].[Mg+2]. The van der Waals surface area contributed by atoms with E-state index in [9.17, 15) is 0 Å². The Morgan fingerprint density at radius 2 is 2.07 bits per heavy atom. The van der Waals surface area contributed by atoms with Gasteiger partial charge in [0.1, 0.15) is 0 Å². The maximum absolute atomic E-state index is 5.14. The molecule has 0 aliphatic rings. The molecule has 3 nitrogen and oxygen atoms in total. The van der Waals surface area contributed by atoms with Gasteiger partial charge in [-0.05, 0) is 0 Å². The predicted molar refractivity (Wildman–Crippen MR) is 50.1 cm³/mol. The van der Waals surface area contributed by atoms with Gasteiger partial charge in [-0.15, -0.1) is 12.1 Å². The molecule has 0 amide bonds. The summed E-state index contributed by atoms with van der Waals surface area (Å²) in [5.74, 6) is 1.37. The van der Waals surface area contributed by atoms with Crippen LogP contribution in [0.5, 0.6) is 11.5 Å². The van der Waals surface area contributed by atoms with Crippen molar-refractivity contribution in [3.8, 4) is 11.5 Å². The molecule has 1 aromatic carbocycles. The van der Waals surface area contributed by atoms with Gasteiger partial charge in [0, 0.05) is 18.6 Å². The van der Waals surface area contributed by atoms with Crippen LogP contribution < -0.4 is 26.5 Å². The topological polar surface area (TPSA) is 27.7 Å². The van der Waals surface area contributed by atoms with Crippen LogP contribution in [0.25, 0.3) is 0 Å². The summed E-state index contributed by atoms with van der Waals surface area (Å²) in [7, 11) is 3.18. The summed E-state index contributed by atoms with van der Waals surface area (Å²) in [6.45, 7) is 0.226. The van der Waals surface area contributed by atoms with Crippen LogP contribution in [-0.2, 0) is 4.74 Å². The number of halogens is 1. The molecule has 14 heavy (non-hydrogen) atoms. The van der Waals surface area contributed by atoms with Gasteiger partial charge in [0.05, 0.1) is 7.11 Å². The van der Waals surface area contributed by atoms with Crippen molar-refractivity contribution in [3.63, 3.8) is 0 Å². The van der Waals surface area contributed by atoms with Crippen LogP contribution in [0.3, 0.4) is 0 Å². The maximum atomic E-state index is 5.14. The largest absolute Gasteiger partial charge is 2.00 e. The first-order chi connectivity index (χ1) is 5.86. The molecule has 0 radical (unpaired) electrons. The van der Waals surface area contributed by atoms with E-state index in [1.54, 1.807) is 32.4 Å². The van der Waals surface area contributed by atoms with Gasteiger partial charge in [0.15, 0.2) is 6.79 Å². The minimum atomic E-state index is 0. The van der Waals surface area contributed by atoms with Crippen molar-refractivity contribution in [3.05, 3.63) is 24.3 Å². The monoisotopic (exact) mass is 270 g/mol. The van der Waals surface area contributed by atoms with Crippen LogP contribution in [0, 0.1) is 6.07 Å². The summed E-state index contributed by atoms with van der Waals surface area (Å²) in [6.07, 6.45) is 0. The summed E-state index contributed by atoms with van der Waals surface area (Å²) in [6, 6.07) is 8.19. The number of benzene rings is 1. The second-order valence-corrected chi connectivity index (χ2v) is 2.14. The zero-order valence-corrected chi connectivity index (χ0v) is 11.2. The van der Waals surface area contributed by atoms with Crippen molar-refractivity contribution in [2.24, 2.45) is 0 Å². The third-order valence-electron chi connectivity index (χ3n) is 1.31. The van der Waals surface area contributed by atoms with Crippen LogP contribution >= 0.6 is 0 Å². The van der Waals surface area contributed by atoms with Crippen molar-refractivity contribution in [1.29, 1.82) is 0 Å². The third kappa shape index (κ3) is 5.69. The molecule has 0 N–H and O–H groups in total. The third-order valence-corrected chi connectivity index (χ3v) is 1.31. The summed E-state index contributed by atoms with van der Waals surface area (Å²) in [5.41, 5.74) is 0. The van der Waals surface area contributed by atoms with E-state index >= 15 is 0 Å². The van der Waals surface area contributed by atoms with E-state index in [0.717, 1.165) is 5.75 Å². The molecule has 0 aliphatic heterocycles. The van der Waals surface area contributed by atoms with E-state index in [0.29, 0.717) is 5.75 Å². The quantitative estimate of drug-likeness (QED) is 0.364. The van der Waals surface area contributed by atoms with E-state index < -0.39 is 0 Å². The molecular weight excluding hydrogens is 260 g/mol. The first kappa shape index (κ1) is 16.5. The van der Waals surface area contributed by atoms with Gasteiger partial charge in [-0.3, -0.25) is 0 Å². The van der Waals surface area contributed by atoms with Crippen molar-refractivity contribution >= 4 is 23.1 Å². The fourth-order valence-corrected chi connectivity index (χ4v) is 0.758. The van der Waals surface area contributed by atoms with E-state index in [2.05, 4.69) is 6.07 Å². The second-order valence-electron chi connectivity index (χ2n) is 2.14. The summed E-state index contributed by atoms with van der Waals surface area (Å²) >= 11 is 0. The average molecular weight is 271 g/mol. The summed E-state index contributed by atoms with van der Waals surface area (Å²) < 4.78 is 14.9. The van der Waals surface area contributed by atoms with Gasteiger partial charge >= 0.3 is 23.1 Å². The first-order valence-electron chi connectivity index (χ1n) is 3.54. The molecule has 74 valence electrons. The molecule has 1 rings (SSSR count).